The van der Waals surface area contributed by atoms with Crippen LogP contribution in [0.1, 0.15) is 25.7 Å². The van der Waals surface area contributed by atoms with E-state index in [4.69, 9.17) is 27.9 Å². The number of carbonyl (C=O) groups is 2. The summed E-state index contributed by atoms with van der Waals surface area (Å²) < 4.78 is 5.47. The minimum Gasteiger partial charge on any atom is -0.484 e. The summed E-state index contributed by atoms with van der Waals surface area (Å²) >= 11 is 11.8. The standard InChI is InChI=1S/C18H22Cl2N4O3/c19-12-2-1-11(5-13(12)20)27-6-15(25)23-17-7-18(8-17,9-17)24-16(26)14-3-4-21-10-22-14/h1-2,5,14,21-22H,3-4,6-10H2,(H,23,25)(H,24,26). The van der Waals surface area contributed by atoms with Gasteiger partial charge in [-0.3, -0.25) is 14.9 Å². The van der Waals surface area contributed by atoms with Gasteiger partial charge in [0.15, 0.2) is 6.61 Å². The summed E-state index contributed by atoms with van der Waals surface area (Å²) in [4.78, 5) is 24.5. The molecule has 1 atom stereocenters. The maximum Gasteiger partial charge on any atom is 0.258 e. The number of carbonyl (C=O) groups excluding carboxylic acids is 2. The highest BCUT2D eigenvalue weighted by molar-refractivity contribution is 6.42. The molecule has 1 saturated heterocycles. The summed E-state index contributed by atoms with van der Waals surface area (Å²) in [7, 11) is 0. The van der Waals surface area contributed by atoms with Crippen molar-refractivity contribution < 1.29 is 14.3 Å². The highest BCUT2D eigenvalue weighted by atomic mass is 35.5. The molecule has 4 N–H and O–H groups in total. The molecule has 146 valence electrons. The number of halogens is 2. The van der Waals surface area contributed by atoms with Gasteiger partial charge in [-0.05, 0) is 44.4 Å². The molecule has 1 aliphatic heterocycles. The normalized spacial score (nSPS) is 31.3. The molecule has 1 aromatic rings. The molecular formula is C18H22Cl2N4O3. The van der Waals surface area contributed by atoms with Crippen LogP contribution in [0, 0.1) is 0 Å². The van der Waals surface area contributed by atoms with Crippen LogP contribution in [-0.2, 0) is 9.59 Å². The topological polar surface area (TPSA) is 91.5 Å². The second-order valence-electron chi connectivity index (χ2n) is 7.72. The van der Waals surface area contributed by atoms with E-state index in [0.29, 0.717) is 22.5 Å². The third-order valence-electron chi connectivity index (χ3n) is 5.48. The Kier molecular flexibility index (Phi) is 4.96. The zero-order valence-corrected chi connectivity index (χ0v) is 16.3. The smallest absolute Gasteiger partial charge is 0.258 e. The summed E-state index contributed by atoms with van der Waals surface area (Å²) in [6.45, 7) is 1.42. The summed E-state index contributed by atoms with van der Waals surface area (Å²) in [5.74, 6) is 0.371. The average molecular weight is 413 g/mol. The van der Waals surface area contributed by atoms with Gasteiger partial charge in [0.1, 0.15) is 5.75 Å². The van der Waals surface area contributed by atoms with Crippen LogP contribution in [0.5, 0.6) is 5.75 Å². The Morgan fingerprint density at radius 2 is 1.89 bits per heavy atom. The maximum atomic E-state index is 12.3. The van der Waals surface area contributed by atoms with Gasteiger partial charge >= 0.3 is 0 Å². The first-order valence-corrected chi connectivity index (χ1v) is 9.79. The molecule has 1 aromatic carbocycles. The van der Waals surface area contributed by atoms with E-state index < -0.39 is 0 Å². The Morgan fingerprint density at radius 3 is 2.56 bits per heavy atom. The molecule has 9 heteroatoms. The van der Waals surface area contributed by atoms with E-state index in [1.807, 2.05) is 0 Å². The lowest BCUT2D eigenvalue weighted by molar-refractivity contribution is -0.151. The molecule has 1 heterocycles. The Bertz CT molecular complexity index is 747. The predicted molar refractivity (Wildman–Crippen MR) is 102 cm³/mol. The number of nitrogens with one attached hydrogen (secondary N) is 4. The molecule has 4 aliphatic rings. The first-order valence-electron chi connectivity index (χ1n) is 9.04. The van der Waals surface area contributed by atoms with Crippen LogP contribution in [0.4, 0.5) is 0 Å². The molecule has 2 bridgehead atoms. The zero-order chi connectivity index (χ0) is 19.1. The summed E-state index contributed by atoms with van der Waals surface area (Å²) in [6, 6.07) is 4.74. The Balaban J connectivity index is 1.20. The zero-order valence-electron chi connectivity index (χ0n) is 14.7. The van der Waals surface area contributed by atoms with Crippen molar-refractivity contribution in [2.24, 2.45) is 0 Å². The molecule has 0 spiro atoms. The number of ether oxygens (including phenoxy) is 1. The fourth-order valence-electron chi connectivity index (χ4n) is 4.30. The van der Waals surface area contributed by atoms with Crippen molar-refractivity contribution in [1.29, 1.82) is 0 Å². The number of hydrogen-bond donors (Lipinski definition) is 4. The molecule has 3 saturated carbocycles. The van der Waals surface area contributed by atoms with Gasteiger partial charge in [0.05, 0.1) is 16.1 Å². The third kappa shape index (κ3) is 3.87. The summed E-state index contributed by atoms with van der Waals surface area (Å²) in [5.41, 5.74) is -0.353. The van der Waals surface area contributed by atoms with Crippen molar-refractivity contribution in [3.05, 3.63) is 28.2 Å². The van der Waals surface area contributed by atoms with Crippen LogP contribution >= 0.6 is 23.2 Å². The average Bonchev–Trinajstić information content (AvgIpc) is 2.60. The van der Waals surface area contributed by atoms with Crippen molar-refractivity contribution in [3.8, 4) is 5.75 Å². The van der Waals surface area contributed by atoms with Crippen LogP contribution in [0.15, 0.2) is 18.2 Å². The van der Waals surface area contributed by atoms with Crippen molar-refractivity contribution in [1.82, 2.24) is 21.3 Å². The van der Waals surface area contributed by atoms with Gasteiger partial charge in [-0.25, -0.2) is 0 Å². The molecule has 4 fully saturated rings. The number of amides is 2. The fraction of sp³-hybridized carbons (Fsp3) is 0.556. The van der Waals surface area contributed by atoms with Crippen molar-refractivity contribution in [2.45, 2.75) is 42.8 Å². The number of rotatable bonds is 6. The first-order chi connectivity index (χ1) is 12.9. The van der Waals surface area contributed by atoms with E-state index in [9.17, 15) is 9.59 Å². The van der Waals surface area contributed by atoms with Gasteiger partial charge in [0.2, 0.25) is 5.91 Å². The SMILES string of the molecule is O=C(COc1ccc(Cl)c(Cl)c1)NC12CC(NC(=O)C3CCNCN3)(C1)C2. The largest absolute Gasteiger partial charge is 0.484 e. The van der Waals surface area contributed by atoms with Crippen LogP contribution in [0.25, 0.3) is 0 Å². The van der Waals surface area contributed by atoms with E-state index in [1.54, 1.807) is 18.2 Å². The van der Waals surface area contributed by atoms with Crippen LogP contribution < -0.4 is 26.0 Å². The van der Waals surface area contributed by atoms with E-state index in [1.165, 1.54) is 0 Å². The lowest BCUT2D eigenvalue weighted by Gasteiger charge is -2.70. The quantitative estimate of drug-likeness (QED) is 0.563. The lowest BCUT2D eigenvalue weighted by Crippen LogP contribution is -2.84. The molecule has 0 radical (unpaired) electrons. The second kappa shape index (κ2) is 7.13. The fourth-order valence-corrected chi connectivity index (χ4v) is 4.59. The molecule has 7 nitrogen and oxygen atoms in total. The molecule has 0 aromatic heterocycles. The Morgan fingerprint density at radius 1 is 1.15 bits per heavy atom. The highest BCUT2D eigenvalue weighted by Crippen LogP contribution is 2.60. The Hall–Kier alpha value is -1.54. The molecular weight excluding hydrogens is 391 g/mol. The third-order valence-corrected chi connectivity index (χ3v) is 6.22. The van der Waals surface area contributed by atoms with Crippen LogP contribution in [-0.4, -0.2) is 48.8 Å². The minimum atomic E-state index is -0.201. The van der Waals surface area contributed by atoms with Gasteiger partial charge in [0.25, 0.3) is 5.91 Å². The number of hydrogen-bond acceptors (Lipinski definition) is 5. The number of benzene rings is 1. The van der Waals surface area contributed by atoms with Crippen LogP contribution in [0.2, 0.25) is 10.0 Å². The molecule has 2 amide bonds. The molecule has 1 unspecified atom stereocenters. The van der Waals surface area contributed by atoms with Gasteiger partial charge < -0.3 is 20.7 Å². The molecule has 3 aliphatic carbocycles. The monoisotopic (exact) mass is 412 g/mol. The second-order valence-corrected chi connectivity index (χ2v) is 8.53. The van der Waals surface area contributed by atoms with Crippen molar-refractivity contribution in [2.75, 3.05) is 19.8 Å². The van der Waals surface area contributed by atoms with Gasteiger partial charge in [-0.15, -0.1) is 0 Å². The lowest BCUT2D eigenvalue weighted by atomic mass is 9.44. The van der Waals surface area contributed by atoms with Crippen molar-refractivity contribution in [3.63, 3.8) is 0 Å². The summed E-state index contributed by atoms with van der Waals surface area (Å²) in [6.07, 6.45) is 3.11. The van der Waals surface area contributed by atoms with E-state index in [-0.39, 0.29) is 35.5 Å². The predicted octanol–water partition coefficient (Wildman–Crippen LogP) is 1.19. The van der Waals surface area contributed by atoms with E-state index in [0.717, 1.165) is 32.2 Å². The molecule has 5 rings (SSSR count). The minimum absolute atomic E-state index is 0.0547. The van der Waals surface area contributed by atoms with Crippen LogP contribution in [0.3, 0.4) is 0 Å². The summed E-state index contributed by atoms with van der Waals surface area (Å²) in [5, 5.41) is 13.3. The molecule has 27 heavy (non-hydrogen) atoms. The van der Waals surface area contributed by atoms with E-state index >= 15 is 0 Å². The van der Waals surface area contributed by atoms with E-state index in [2.05, 4.69) is 21.3 Å². The van der Waals surface area contributed by atoms with Gasteiger partial charge in [0, 0.05) is 23.8 Å². The van der Waals surface area contributed by atoms with Crippen molar-refractivity contribution >= 4 is 35.0 Å². The highest BCUT2D eigenvalue weighted by Gasteiger charge is 2.69. The van der Waals surface area contributed by atoms with Gasteiger partial charge in [-0.1, -0.05) is 23.2 Å². The first kappa shape index (κ1) is 18.8. The maximum absolute atomic E-state index is 12.3. The Labute approximate surface area is 167 Å². The van der Waals surface area contributed by atoms with Gasteiger partial charge in [-0.2, -0.15) is 0 Å².